The molecule has 0 radical (unpaired) electrons. The van der Waals surface area contributed by atoms with E-state index < -0.39 is 0 Å². The summed E-state index contributed by atoms with van der Waals surface area (Å²) in [6, 6.07) is 46.6. The summed E-state index contributed by atoms with van der Waals surface area (Å²) in [5, 5.41) is 2.79. The summed E-state index contributed by atoms with van der Waals surface area (Å²) in [5.41, 5.74) is 26.8. The number of anilines is 5. The number of fused-ring (bicyclic) bond motifs is 11. The molecular formula is C68H73BN2S. The van der Waals surface area contributed by atoms with Crippen molar-refractivity contribution in [3.63, 3.8) is 0 Å². The third-order valence-corrected chi connectivity index (χ3v) is 20.6. The van der Waals surface area contributed by atoms with Crippen molar-refractivity contribution < 1.29 is 0 Å². The second kappa shape index (κ2) is 15.0. The predicted molar refractivity (Wildman–Crippen MR) is 314 cm³/mol. The third-order valence-electron chi connectivity index (χ3n) is 19.4. The van der Waals surface area contributed by atoms with Gasteiger partial charge in [0, 0.05) is 54.2 Å². The third kappa shape index (κ3) is 6.58. The number of benzene rings is 7. The van der Waals surface area contributed by atoms with E-state index in [1.807, 2.05) is 11.3 Å². The van der Waals surface area contributed by atoms with E-state index in [9.17, 15) is 0 Å². The molecule has 0 saturated heterocycles. The quantitative estimate of drug-likeness (QED) is 0.163. The molecule has 1 aromatic heterocycles. The number of rotatable bonds is 3. The van der Waals surface area contributed by atoms with E-state index in [1.165, 1.54) is 165 Å². The Hall–Kier alpha value is -5.58. The zero-order valence-corrected chi connectivity index (χ0v) is 46.4. The summed E-state index contributed by atoms with van der Waals surface area (Å²) in [7, 11) is 0. The van der Waals surface area contributed by atoms with Crippen LogP contribution in [0.3, 0.4) is 0 Å². The SMILES string of the molecule is Cc1cc2c3c(c1)N(c1cc4c(cc1C)C(C)(C)CCC4(C)C)c1cc(-c4ccccc4)ccc1B3N(c1ccc3c(c1)C(C)(C)CCC3(C)C)c1ccc3c(sc4cc5c(cc43)C(C)(C)CCC5(C)C)c1-2. The minimum Gasteiger partial charge on any atom is -0.376 e. The van der Waals surface area contributed by atoms with Gasteiger partial charge in [-0.3, -0.25) is 0 Å². The fourth-order valence-corrected chi connectivity index (χ4v) is 15.8. The maximum Gasteiger partial charge on any atom is 0.333 e. The second-order valence-electron chi connectivity index (χ2n) is 27.0. The number of aryl methyl sites for hydroxylation is 2. The molecule has 0 N–H and O–H groups in total. The maximum atomic E-state index is 2.79. The molecule has 0 atom stereocenters. The highest BCUT2D eigenvalue weighted by molar-refractivity contribution is 7.26. The standard InChI is InChI=1S/C68H73BN2S/c1-40-32-47-60-55(25-22-45-46-37-51-53(39-59(46)72-62(45)60)68(13,14)31-29-66(51,9)10)71(44-21-23-48-50(36-44)65(7,8)27-26-63(48,3)4)69-54-24-20-43(42-18-16-15-17-19-42)35-57(54)70(58(33-40)61(47)69)56-38-52-49(34-41(56)2)64(5,6)28-30-67(52,11)12/h15-25,32-39H,26-31H2,1-14H3. The maximum absolute atomic E-state index is 2.79. The molecule has 3 aliphatic carbocycles. The fourth-order valence-electron chi connectivity index (χ4n) is 14.5. The molecule has 8 aromatic rings. The molecule has 0 fully saturated rings. The lowest BCUT2D eigenvalue weighted by molar-refractivity contribution is 0.332. The first kappa shape index (κ1) is 46.2. The molecule has 7 aromatic carbocycles. The zero-order valence-electron chi connectivity index (χ0n) is 45.6. The van der Waals surface area contributed by atoms with E-state index in [0.717, 1.165) is 0 Å². The molecule has 364 valence electrons. The lowest BCUT2D eigenvalue weighted by Crippen LogP contribution is -2.61. The molecule has 72 heavy (non-hydrogen) atoms. The highest BCUT2D eigenvalue weighted by atomic mass is 32.1. The van der Waals surface area contributed by atoms with Crippen molar-refractivity contribution in [3.8, 4) is 22.3 Å². The molecular weight excluding hydrogens is 888 g/mol. The highest BCUT2D eigenvalue weighted by Crippen LogP contribution is 2.57. The summed E-state index contributed by atoms with van der Waals surface area (Å²) in [5.74, 6) is 0. The van der Waals surface area contributed by atoms with E-state index >= 15 is 0 Å². The number of hydrogen-bond acceptors (Lipinski definition) is 3. The van der Waals surface area contributed by atoms with Crippen LogP contribution >= 0.6 is 11.3 Å². The van der Waals surface area contributed by atoms with Crippen LogP contribution in [0.1, 0.15) is 166 Å². The normalized spacial score (nSPS) is 20.1. The summed E-state index contributed by atoms with van der Waals surface area (Å²) in [6.45, 7) is 34.3. The van der Waals surface area contributed by atoms with Crippen LogP contribution in [0.5, 0.6) is 0 Å². The van der Waals surface area contributed by atoms with Crippen molar-refractivity contribution in [1.82, 2.24) is 0 Å². The predicted octanol–water partition coefficient (Wildman–Crippen LogP) is 18.1. The summed E-state index contributed by atoms with van der Waals surface area (Å²) < 4.78 is 2.81. The van der Waals surface area contributed by atoms with Crippen LogP contribution < -0.4 is 20.6 Å². The van der Waals surface area contributed by atoms with Crippen LogP contribution in [0.15, 0.2) is 115 Å². The van der Waals surface area contributed by atoms with Gasteiger partial charge < -0.3 is 9.71 Å². The Morgan fingerprint density at radius 3 is 1.68 bits per heavy atom. The van der Waals surface area contributed by atoms with Gasteiger partial charge in [-0.1, -0.05) is 150 Å². The van der Waals surface area contributed by atoms with E-state index in [2.05, 4.69) is 222 Å². The van der Waals surface area contributed by atoms with Gasteiger partial charge in [-0.2, -0.15) is 0 Å². The van der Waals surface area contributed by atoms with E-state index in [0.29, 0.717) is 0 Å². The van der Waals surface area contributed by atoms with Crippen LogP contribution in [-0.2, 0) is 32.5 Å². The first-order valence-electron chi connectivity index (χ1n) is 27.2. The lowest BCUT2D eigenvalue weighted by atomic mass is 9.43. The van der Waals surface area contributed by atoms with Gasteiger partial charge in [0.05, 0.1) is 0 Å². The van der Waals surface area contributed by atoms with Crippen molar-refractivity contribution >= 4 is 77.7 Å². The molecule has 4 heteroatoms. The first-order valence-corrected chi connectivity index (χ1v) is 28.1. The Morgan fingerprint density at radius 2 is 1.03 bits per heavy atom. The minimum atomic E-state index is -0.0639. The first-order chi connectivity index (χ1) is 34.0. The van der Waals surface area contributed by atoms with Crippen molar-refractivity contribution in [2.75, 3.05) is 9.71 Å². The van der Waals surface area contributed by atoms with Gasteiger partial charge in [-0.25, -0.2) is 0 Å². The van der Waals surface area contributed by atoms with E-state index in [-0.39, 0.29) is 39.3 Å². The zero-order chi connectivity index (χ0) is 50.4. The minimum absolute atomic E-state index is 0.0628. The van der Waals surface area contributed by atoms with Gasteiger partial charge in [0.15, 0.2) is 0 Å². The molecule has 0 spiro atoms. The molecule has 0 unspecified atom stereocenters. The van der Waals surface area contributed by atoms with Crippen LogP contribution in [0, 0.1) is 13.8 Å². The Bertz CT molecular complexity index is 3630. The van der Waals surface area contributed by atoms with Crippen molar-refractivity contribution in [2.45, 2.75) is 168 Å². The highest BCUT2D eigenvalue weighted by Gasteiger charge is 2.48. The molecule has 0 amide bonds. The Morgan fingerprint density at radius 1 is 0.444 bits per heavy atom. The molecule has 3 heterocycles. The lowest BCUT2D eigenvalue weighted by Gasteiger charge is -2.48. The Kier molecular flexibility index (Phi) is 9.65. The number of thiophene rings is 1. The van der Waals surface area contributed by atoms with Gasteiger partial charge in [0.25, 0.3) is 0 Å². The van der Waals surface area contributed by atoms with E-state index in [1.54, 1.807) is 0 Å². The largest absolute Gasteiger partial charge is 0.376 e. The number of hydrogen-bond donors (Lipinski definition) is 0. The van der Waals surface area contributed by atoms with Crippen LogP contribution in [0.25, 0.3) is 42.4 Å². The molecule has 5 aliphatic rings. The van der Waals surface area contributed by atoms with Gasteiger partial charge >= 0.3 is 6.85 Å². The average Bonchev–Trinajstić information content (AvgIpc) is 3.71. The van der Waals surface area contributed by atoms with Gasteiger partial charge in [0.1, 0.15) is 0 Å². The van der Waals surface area contributed by atoms with E-state index in [4.69, 9.17) is 0 Å². The fraction of sp³-hybridized carbons (Fsp3) is 0.382. The van der Waals surface area contributed by atoms with Crippen LogP contribution in [0.2, 0.25) is 0 Å². The van der Waals surface area contributed by atoms with Crippen molar-refractivity contribution in [2.24, 2.45) is 0 Å². The Balaban J connectivity index is 1.15. The van der Waals surface area contributed by atoms with Crippen molar-refractivity contribution in [3.05, 3.63) is 160 Å². The number of nitrogens with zero attached hydrogens (tertiary/aromatic N) is 2. The van der Waals surface area contributed by atoms with Gasteiger partial charge in [-0.05, 0) is 206 Å². The summed E-state index contributed by atoms with van der Waals surface area (Å²) in [6.07, 6.45) is 7.17. The van der Waals surface area contributed by atoms with Gasteiger partial charge in [-0.15, -0.1) is 11.3 Å². The van der Waals surface area contributed by atoms with Crippen LogP contribution in [0.4, 0.5) is 28.4 Å². The smallest absolute Gasteiger partial charge is 0.333 e. The Labute approximate surface area is 435 Å². The summed E-state index contributed by atoms with van der Waals surface area (Å²) in [4.78, 5) is 5.50. The molecule has 2 aliphatic heterocycles. The average molecular weight is 961 g/mol. The van der Waals surface area contributed by atoms with Crippen molar-refractivity contribution in [1.29, 1.82) is 0 Å². The monoisotopic (exact) mass is 961 g/mol. The topological polar surface area (TPSA) is 6.48 Å². The van der Waals surface area contributed by atoms with Gasteiger partial charge in [0.2, 0.25) is 0 Å². The molecule has 0 saturated carbocycles. The second-order valence-corrected chi connectivity index (χ2v) is 28.1. The summed E-state index contributed by atoms with van der Waals surface area (Å²) >= 11 is 2.03. The molecule has 13 rings (SSSR count). The molecule has 0 bridgehead atoms. The molecule has 2 nitrogen and oxygen atoms in total. The van der Waals surface area contributed by atoms with Crippen LogP contribution in [-0.4, -0.2) is 6.85 Å².